The number of benzene rings is 1. The number of hydrogen-bond donors (Lipinski definition) is 1. The summed E-state index contributed by atoms with van der Waals surface area (Å²) in [5.74, 6) is 0.0873. The zero-order valence-corrected chi connectivity index (χ0v) is 12.6. The molecule has 2 saturated heterocycles. The van der Waals surface area contributed by atoms with Gasteiger partial charge >= 0.3 is 0 Å². The molecule has 2 fully saturated rings. The van der Waals surface area contributed by atoms with Crippen molar-refractivity contribution >= 4 is 27.4 Å². The van der Waals surface area contributed by atoms with E-state index >= 15 is 0 Å². The van der Waals surface area contributed by atoms with E-state index in [0.717, 1.165) is 41.4 Å². The Morgan fingerprint density at radius 3 is 2.47 bits per heavy atom. The molecule has 2 aliphatic rings. The number of aliphatic hydroxyl groups excluding tert-OH is 1. The minimum atomic E-state index is -0.149. The minimum Gasteiger partial charge on any atom is -0.393 e. The minimum absolute atomic E-state index is 0.0873. The first-order valence-electron chi connectivity index (χ1n) is 6.83. The average Bonchev–Trinajstić information content (AvgIpc) is 2.62. The van der Waals surface area contributed by atoms with Crippen molar-refractivity contribution in [2.24, 2.45) is 0 Å². The summed E-state index contributed by atoms with van der Waals surface area (Å²) in [4.78, 5) is 13.8. The van der Waals surface area contributed by atoms with E-state index in [0.29, 0.717) is 12.1 Å². The molecule has 0 spiro atoms. The second kappa shape index (κ2) is 4.91. The van der Waals surface area contributed by atoms with Crippen LogP contribution in [0.4, 0.5) is 5.69 Å². The summed E-state index contributed by atoms with van der Waals surface area (Å²) in [6.07, 6.45) is 3.88. The molecule has 19 heavy (non-hydrogen) atoms. The number of carbonyl (C=O) groups is 1. The van der Waals surface area contributed by atoms with Crippen LogP contribution >= 0.6 is 15.9 Å². The number of anilines is 1. The second-order valence-corrected chi connectivity index (χ2v) is 6.49. The normalized spacial score (nSPS) is 29.6. The zero-order valence-electron chi connectivity index (χ0n) is 11.0. The van der Waals surface area contributed by atoms with Crippen molar-refractivity contribution in [3.05, 3.63) is 28.2 Å². The van der Waals surface area contributed by atoms with Crippen LogP contribution in [0.5, 0.6) is 0 Å². The van der Waals surface area contributed by atoms with Gasteiger partial charge in [-0.25, -0.2) is 0 Å². The summed E-state index contributed by atoms with van der Waals surface area (Å²) in [6.45, 7) is 1.59. The van der Waals surface area contributed by atoms with E-state index in [-0.39, 0.29) is 11.9 Å². The number of halogens is 1. The van der Waals surface area contributed by atoms with Crippen LogP contribution in [-0.2, 0) is 0 Å². The number of Topliss-reactive ketones (excluding diaryl/α,β-unsaturated/α-hetero) is 1. The standard InChI is InChI=1S/C15H18BrNO2/c1-9(18)10-2-5-15(14(16)6-10)17-11-3-4-12(17)8-13(19)7-11/h2,5-6,11-13,19H,3-4,7-8H2,1H3. The molecule has 0 saturated carbocycles. The van der Waals surface area contributed by atoms with Crippen molar-refractivity contribution in [2.45, 2.75) is 50.8 Å². The van der Waals surface area contributed by atoms with E-state index < -0.39 is 0 Å². The molecule has 0 aliphatic carbocycles. The lowest BCUT2D eigenvalue weighted by Crippen LogP contribution is -2.45. The Balaban J connectivity index is 1.93. The van der Waals surface area contributed by atoms with Gasteiger partial charge < -0.3 is 10.0 Å². The summed E-state index contributed by atoms with van der Waals surface area (Å²) in [7, 11) is 0. The van der Waals surface area contributed by atoms with E-state index in [9.17, 15) is 9.90 Å². The lowest BCUT2D eigenvalue weighted by atomic mass is 9.98. The van der Waals surface area contributed by atoms with Crippen LogP contribution in [0.25, 0.3) is 0 Å². The average molecular weight is 324 g/mol. The molecule has 3 rings (SSSR count). The van der Waals surface area contributed by atoms with Gasteiger partial charge in [0.15, 0.2) is 5.78 Å². The van der Waals surface area contributed by atoms with Crippen molar-refractivity contribution in [3.63, 3.8) is 0 Å². The molecule has 102 valence electrons. The number of ketones is 1. The van der Waals surface area contributed by atoms with Gasteiger partial charge in [0, 0.05) is 22.1 Å². The quantitative estimate of drug-likeness (QED) is 0.850. The fraction of sp³-hybridized carbons (Fsp3) is 0.533. The van der Waals surface area contributed by atoms with Gasteiger partial charge in [-0.2, -0.15) is 0 Å². The summed E-state index contributed by atoms with van der Waals surface area (Å²) in [6, 6.07) is 6.71. The van der Waals surface area contributed by atoms with Gasteiger partial charge in [-0.3, -0.25) is 4.79 Å². The van der Waals surface area contributed by atoms with Crippen LogP contribution in [0.3, 0.4) is 0 Å². The highest BCUT2D eigenvalue weighted by atomic mass is 79.9. The highest BCUT2D eigenvalue weighted by molar-refractivity contribution is 9.10. The molecule has 2 unspecified atom stereocenters. The van der Waals surface area contributed by atoms with Crippen LogP contribution < -0.4 is 4.90 Å². The van der Waals surface area contributed by atoms with Gasteiger partial charge in [0.05, 0.1) is 11.8 Å². The largest absolute Gasteiger partial charge is 0.393 e. The molecule has 3 nitrogen and oxygen atoms in total. The number of piperidine rings is 1. The Morgan fingerprint density at radius 2 is 1.95 bits per heavy atom. The zero-order chi connectivity index (χ0) is 13.6. The third kappa shape index (κ3) is 2.32. The summed E-state index contributed by atoms with van der Waals surface area (Å²) in [5.41, 5.74) is 1.89. The summed E-state index contributed by atoms with van der Waals surface area (Å²) < 4.78 is 0.980. The lowest BCUT2D eigenvalue weighted by molar-refractivity contribution is 0.101. The summed E-state index contributed by atoms with van der Waals surface area (Å²) >= 11 is 3.59. The molecule has 4 heteroatoms. The third-order valence-electron chi connectivity index (χ3n) is 4.34. The Bertz CT molecular complexity index is 503. The first-order valence-corrected chi connectivity index (χ1v) is 7.62. The molecule has 1 N–H and O–H groups in total. The van der Waals surface area contributed by atoms with E-state index in [4.69, 9.17) is 0 Å². The van der Waals surface area contributed by atoms with E-state index in [1.54, 1.807) is 6.92 Å². The molecule has 1 aromatic carbocycles. The Labute approximate surface area is 121 Å². The molecule has 1 aromatic rings. The fourth-order valence-electron chi connectivity index (χ4n) is 3.48. The first-order chi connectivity index (χ1) is 9.06. The Kier molecular flexibility index (Phi) is 3.39. The lowest BCUT2D eigenvalue weighted by Gasteiger charge is -2.39. The number of carbonyl (C=O) groups excluding carboxylic acids is 1. The van der Waals surface area contributed by atoms with E-state index in [1.165, 1.54) is 0 Å². The number of nitrogens with zero attached hydrogens (tertiary/aromatic N) is 1. The van der Waals surface area contributed by atoms with Crippen LogP contribution in [0, 0.1) is 0 Å². The molecular weight excluding hydrogens is 306 g/mol. The van der Waals surface area contributed by atoms with Crippen molar-refractivity contribution in [1.29, 1.82) is 0 Å². The molecule has 2 aliphatic heterocycles. The highest BCUT2D eigenvalue weighted by Gasteiger charge is 2.40. The molecule has 0 amide bonds. The number of fused-ring (bicyclic) bond motifs is 2. The van der Waals surface area contributed by atoms with Crippen molar-refractivity contribution in [1.82, 2.24) is 0 Å². The molecule has 2 atom stereocenters. The molecule has 0 radical (unpaired) electrons. The predicted molar refractivity (Wildman–Crippen MR) is 78.7 cm³/mol. The fourth-order valence-corrected chi connectivity index (χ4v) is 4.06. The molecule has 0 aromatic heterocycles. The van der Waals surface area contributed by atoms with Crippen LogP contribution in [0.1, 0.15) is 43.0 Å². The van der Waals surface area contributed by atoms with Crippen molar-refractivity contribution in [3.8, 4) is 0 Å². The number of rotatable bonds is 2. The first kappa shape index (κ1) is 13.1. The summed E-state index contributed by atoms with van der Waals surface area (Å²) in [5, 5.41) is 9.86. The van der Waals surface area contributed by atoms with Gasteiger partial charge in [-0.1, -0.05) is 0 Å². The van der Waals surface area contributed by atoms with Gasteiger partial charge in [0.1, 0.15) is 0 Å². The predicted octanol–water partition coefficient (Wildman–Crippen LogP) is 3.14. The van der Waals surface area contributed by atoms with Crippen LogP contribution in [-0.4, -0.2) is 29.1 Å². The maximum Gasteiger partial charge on any atom is 0.159 e. The molecular formula is C15H18BrNO2. The van der Waals surface area contributed by atoms with Gasteiger partial charge in [0.2, 0.25) is 0 Å². The van der Waals surface area contributed by atoms with E-state index in [1.807, 2.05) is 18.2 Å². The van der Waals surface area contributed by atoms with Gasteiger partial charge in [-0.15, -0.1) is 0 Å². The smallest absolute Gasteiger partial charge is 0.159 e. The third-order valence-corrected chi connectivity index (χ3v) is 4.98. The van der Waals surface area contributed by atoms with Crippen molar-refractivity contribution < 1.29 is 9.90 Å². The maximum absolute atomic E-state index is 11.4. The highest BCUT2D eigenvalue weighted by Crippen LogP contribution is 2.42. The van der Waals surface area contributed by atoms with Crippen LogP contribution in [0.2, 0.25) is 0 Å². The molecule has 2 bridgehead atoms. The topological polar surface area (TPSA) is 40.5 Å². The van der Waals surface area contributed by atoms with E-state index in [2.05, 4.69) is 20.8 Å². The monoisotopic (exact) mass is 323 g/mol. The van der Waals surface area contributed by atoms with Crippen LogP contribution in [0.15, 0.2) is 22.7 Å². The van der Waals surface area contributed by atoms with Gasteiger partial charge in [-0.05, 0) is 66.7 Å². The van der Waals surface area contributed by atoms with Crippen molar-refractivity contribution in [2.75, 3.05) is 4.90 Å². The van der Waals surface area contributed by atoms with Gasteiger partial charge in [0.25, 0.3) is 0 Å². The molecule has 2 heterocycles. The Hall–Kier alpha value is -0.870. The Morgan fingerprint density at radius 1 is 1.32 bits per heavy atom. The maximum atomic E-state index is 11.4. The second-order valence-electron chi connectivity index (χ2n) is 5.64. The number of hydrogen-bond acceptors (Lipinski definition) is 3. The SMILES string of the molecule is CC(=O)c1ccc(N2C3CCC2CC(O)C3)c(Br)c1. The number of aliphatic hydroxyl groups is 1.